The molecular weight excluding hydrogens is 248 g/mol. The fraction of sp³-hybridized carbons (Fsp3) is 0.111. The number of nitrogens with zero attached hydrogens (tertiary/aromatic N) is 2. The smallest absolute Gasteiger partial charge is 0.285 e. The predicted molar refractivity (Wildman–Crippen MR) is 54.0 cm³/mol. The highest BCUT2D eigenvalue weighted by molar-refractivity contribution is 9.10. The Kier molecular flexibility index (Phi) is 2.49. The zero-order chi connectivity index (χ0) is 9.97. The van der Waals surface area contributed by atoms with Crippen LogP contribution in [0.3, 0.4) is 0 Å². The van der Waals surface area contributed by atoms with Crippen molar-refractivity contribution in [3.05, 3.63) is 29.1 Å². The molecule has 0 aliphatic carbocycles. The average molecular weight is 255 g/mol. The van der Waals surface area contributed by atoms with Crippen LogP contribution < -0.4 is 4.74 Å². The molecule has 1 aromatic carbocycles. The maximum absolute atomic E-state index is 5.21. The number of ether oxygens (including phenoxy) is 1. The normalized spacial score (nSPS) is 10.1. The van der Waals surface area contributed by atoms with Crippen molar-refractivity contribution in [1.29, 1.82) is 0 Å². The van der Waals surface area contributed by atoms with Crippen LogP contribution in [0.4, 0.5) is 0 Å². The van der Waals surface area contributed by atoms with E-state index in [-0.39, 0.29) is 0 Å². The minimum Gasteiger partial charge on any atom is -0.497 e. The van der Waals surface area contributed by atoms with Crippen LogP contribution in [0.1, 0.15) is 0 Å². The van der Waals surface area contributed by atoms with Crippen molar-refractivity contribution in [2.45, 2.75) is 0 Å². The molecule has 2 rings (SSSR count). The van der Waals surface area contributed by atoms with Crippen LogP contribution in [-0.4, -0.2) is 17.3 Å². The summed E-state index contributed by atoms with van der Waals surface area (Å²) >= 11 is 3.09. The summed E-state index contributed by atoms with van der Waals surface area (Å²) in [6.07, 6.45) is 0. The monoisotopic (exact) mass is 254 g/mol. The summed E-state index contributed by atoms with van der Waals surface area (Å²) in [7, 11) is 1.61. The molecule has 0 unspecified atom stereocenters. The first-order chi connectivity index (χ1) is 6.79. The highest BCUT2D eigenvalue weighted by atomic mass is 79.9. The van der Waals surface area contributed by atoms with E-state index in [4.69, 9.17) is 9.15 Å². The molecular formula is C9H7BrN2O2. The van der Waals surface area contributed by atoms with Gasteiger partial charge in [0.2, 0.25) is 5.89 Å². The predicted octanol–water partition coefficient (Wildman–Crippen LogP) is 2.51. The van der Waals surface area contributed by atoms with Crippen LogP contribution in [0.5, 0.6) is 5.75 Å². The van der Waals surface area contributed by atoms with Gasteiger partial charge in [-0.2, -0.15) is 0 Å². The summed E-state index contributed by atoms with van der Waals surface area (Å²) < 4.78 is 10.3. The topological polar surface area (TPSA) is 48.2 Å². The number of methoxy groups -OCH3 is 1. The SMILES string of the molecule is COc1cccc(-c2nnc(Br)o2)c1. The van der Waals surface area contributed by atoms with Crippen molar-refractivity contribution < 1.29 is 9.15 Å². The van der Waals surface area contributed by atoms with Crippen LogP contribution in [0.2, 0.25) is 0 Å². The minimum absolute atomic E-state index is 0.371. The van der Waals surface area contributed by atoms with Crippen LogP contribution in [-0.2, 0) is 0 Å². The Balaban J connectivity index is 2.41. The lowest BCUT2D eigenvalue weighted by Crippen LogP contribution is -1.83. The van der Waals surface area contributed by atoms with Gasteiger partial charge in [0.15, 0.2) is 0 Å². The van der Waals surface area contributed by atoms with Gasteiger partial charge in [0, 0.05) is 21.5 Å². The lowest BCUT2D eigenvalue weighted by Gasteiger charge is -1.99. The zero-order valence-electron chi connectivity index (χ0n) is 7.40. The maximum Gasteiger partial charge on any atom is 0.285 e. The molecule has 0 amide bonds. The van der Waals surface area contributed by atoms with Crippen molar-refractivity contribution in [3.63, 3.8) is 0 Å². The van der Waals surface area contributed by atoms with E-state index in [2.05, 4.69) is 26.1 Å². The first-order valence-corrected chi connectivity index (χ1v) is 4.72. The molecule has 2 aromatic rings. The minimum atomic E-state index is 0.371. The molecule has 0 saturated heterocycles. The number of aromatic nitrogens is 2. The molecule has 1 aromatic heterocycles. The standard InChI is InChI=1S/C9H7BrN2O2/c1-13-7-4-2-3-6(5-7)8-11-12-9(10)14-8/h2-5H,1H3. The van der Waals surface area contributed by atoms with E-state index in [0.717, 1.165) is 11.3 Å². The van der Waals surface area contributed by atoms with Gasteiger partial charge in [-0.15, -0.1) is 10.2 Å². The summed E-state index contributed by atoms with van der Waals surface area (Å²) in [6, 6.07) is 7.43. The summed E-state index contributed by atoms with van der Waals surface area (Å²) in [5.41, 5.74) is 0.836. The average Bonchev–Trinajstić information content (AvgIpc) is 2.65. The molecule has 72 valence electrons. The number of hydrogen-bond acceptors (Lipinski definition) is 4. The van der Waals surface area contributed by atoms with Crippen LogP contribution in [0, 0.1) is 0 Å². The van der Waals surface area contributed by atoms with E-state index in [1.807, 2.05) is 24.3 Å². The van der Waals surface area contributed by atoms with Crippen molar-refractivity contribution in [2.24, 2.45) is 0 Å². The number of halogens is 1. The van der Waals surface area contributed by atoms with Gasteiger partial charge >= 0.3 is 0 Å². The molecule has 0 N–H and O–H groups in total. The molecule has 0 aliphatic heterocycles. The van der Waals surface area contributed by atoms with Gasteiger partial charge in [0.1, 0.15) is 5.75 Å². The fourth-order valence-corrected chi connectivity index (χ4v) is 1.31. The summed E-state index contributed by atoms with van der Waals surface area (Å²) in [6.45, 7) is 0. The van der Waals surface area contributed by atoms with Gasteiger partial charge in [-0.05, 0) is 18.2 Å². The van der Waals surface area contributed by atoms with Gasteiger partial charge < -0.3 is 9.15 Å². The van der Waals surface area contributed by atoms with E-state index in [1.165, 1.54) is 0 Å². The molecule has 0 spiro atoms. The molecule has 5 heteroatoms. The van der Waals surface area contributed by atoms with E-state index >= 15 is 0 Å². The van der Waals surface area contributed by atoms with Crippen molar-refractivity contribution in [2.75, 3.05) is 7.11 Å². The Hall–Kier alpha value is -1.36. The summed E-state index contributed by atoms with van der Waals surface area (Å²) in [4.78, 5) is 0.371. The van der Waals surface area contributed by atoms with E-state index in [9.17, 15) is 0 Å². The van der Waals surface area contributed by atoms with Crippen molar-refractivity contribution in [1.82, 2.24) is 10.2 Å². The Morgan fingerprint density at radius 2 is 2.21 bits per heavy atom. The molecule has 4 nitrogen and oxygen atoms in total. The molecule has 0 bridgehead atoms. The number of hydrogen-bond donors (Lipinski definition) is 0. The number of rotatable bonds is 2. The Labute approximate surface area is 89.0 Å². The van der Waals surface area contributed by atoms with E-state index in [0.29, 0.717) is 10.7 Å². The molecule has 14 heavy (non-hydrogen) atoms. The second-order valence-electron chi connectivity index (χ2n) is 2.59. The lowest BCUT2D eigenvalue weighted by atomic mass is 10.2. The third-order valence-electron chi connectivity index (χ3n) is 1.72. The largest absolute Gasteiger partial charge is 0.497 e. The van der Waals surface area contributed by atoms with Gasteiger partial charge in [-0.1, -0.05) is 6.07 Å². The second-order valence-corrected chi connectivity index (χ2v) is 3.27. The van der Waals surface area contributed by atoms with Gasteiger partial charge in [0.05, 0.1) is 7.11 Å². The van der Waals surface area contributed by atoms with Crippen LogP contribution in [0.15, 0.2) is 33.5 Å². The van der Waals surface area contributed by atoms with Gasteiger partial charge in [-0.25, -0.2) is 0 Å². The molecule has 0 fully saturated rings. The Morgan fingerprint density at radius 3 is 2.86 bits per heavy atom. The molecule has 0 saturated carbocycles. The number of benzene rings is 1. The highest BCUT2D eigenvalue weighted by Crippen LogP contribution is 2.23. The van der Waals surface area contributed by atoms with E-state index < -0.39 is 0 Å². The third kappa shape index (κ3) is 1.77. The summed E-state index contributed by atoms with van der Waals surface area (Å²) in [5.74, 6) is 1.23. The first kappa shape index (κ1) is 9.21. The van der Waals surface area contributed by atoms with Crippen LogP contribution in [0.25, 0.3) is 11.5 Å². The summed E-state index contributed by atoms with van der Waals surface area (Å²) in [5, 5.41) is 7.55. The van der Waals surface area contributed by atoms with Crippen molar-refractivity contribution in [3.8, 4) is 17.2 Å². The first-order valence-electron chi connectivity index (χ1n) is 3.93. The van der Waals surface area contributed by atoms with Gasteiger partial charge in [0.25, 0.3) is 4.80 Å². The maximum atomic E-state index is 5.21. The highest BCUT2D eigenvalue weighted by Gasteiger charge is 2.06. The molecule has 0 aliphatic rings. The fourth-order valence-electron chi connectivity index (χ4n) is 1.08. The molecule has 0 atom stereocenters. The zero-order valence-corrected chi connectivity index (χ0v) is 8.98. The van der Waals surface area contributed by atoms with Crippen LogP contribution >= 0.6 is 15.9 Å². The third-order valence-corrected chi connectivity index (χ3v) is 2.04. The van der Waals surface area contributed by atoms with E-state index in [1.54, 1.807) is 7.11 Å². The Morgan fingerprint density at radius 1 is 1.36 bits per heavy atom. The molecule has 0 radical (unpaired) electrons. The Bertz CT molecular complexity index is 442. The second kappa shape index (κ2) is 3.79. The molecule has 1 heterocycles. The lowest BCUT2D eigenvalue weighted by molar-refractivity contribution is 0.414. The van der Waals surface area contributed by atoms with Gasteiger partial charge in [-0.3, -0.25) is 0 Å². The van der Waals surface area contributed by atoms with Crippen molar-refractivity contribution >= 4 is 15.9 Å². The quantitative estimate of drug-likeness (QED) is 0.827.